The van der Waals surface area contributed by atoms with Crippen LogP contribution in [-0.4, -0.2) is 33.5 Å². The van der Waals surface area contributed by atoms with E-state index in [1.165, 1.54) is 35.5 Å². The van der Waals surface area contributed by atoms with Gasteiger partial charge in [-0.3, -0.25) is 9.29 Å². The summed E-state index contributed by atoms with van der Waals surface area (Å²) in [7, 11) is -2.08. The summed E-state index contributed by atoms with van der Waals surface area (Å²) in [6.45, 7) is 2.19. The molecular formula is C23H24N3O2S. The second-order valence-corrected chi connectivity index (χ2v) is 9.19. The summed E-state index contributed by atoms with van der Waals surface area (Å²) in [5.74, 6) is 0. The highest BCUT2D eigenvalue weighted by molar-refractivity contribution is 7.92. The van der Waals surface area contributed by atoms with Crippen LogP contribution >= 0.6 is 0 Å². The van der Waals surface area contributed by atoms with Crippen molar-refractivity contribution in [3.8, 4) is 11.1 Å². The summed E-state index contributed by atoms with van der Waals surface area (Å²) in [4.78, 5) is 6.51. The first-order chi connectivity index (χ1) is 14.1. The molecule has 1 saturated heterocycles. The van der Waals surface area contributed by atoms with Gasteiger partial charge >= 0.3 is 0 Å². The summed E-state index contributed by atoms with van der Waals surface area (Å²) in [6.07, 6.45) is 6.70. The zero-order valence-electron chi connectivity index (χ0n) is 16.5. The Bertz CT molecular complexity index is 1060. The van der Waals surface area contributed by atoms with Gasteiger partial charge in [-0.05, 0) is 72.9 Å². The first kappa shape index (κ1) is 19.5. The van der Waals surface area contributed by atoms with Crippen molar-refractivity contribution in [2.24, 2.45) is 0 Å². The summed E-state index contributed by atoms with van der Waals surface area (Å²) in [5.41, 5.74) is 3.85. The second kappa shape index (κ2) is 8.25. The van der Waals surface area contributed by atoms with E-state index in [0.29, 0.717) is 5.69 Å². The van der Waals surface area contributed by atoms with Gasteiger partial charge in [0.05, 0.1) is 5.69 Å². The SMILES string of the molecule is CN(c1ccc(-c2[c]ccc(N3CCCCC3)c2)cc1)S(=O)(=O)c1cccnc1. The third-order valence-corrected chi connectivity index (χ3v) is 7.11. The maximum atomic E-state index is 12.8. The lowest BCUT2D eigenvalue weighted by molar-refractivity contribution is 0.578. The van der Waals surface area contributed by atoms with Crippen LogP contribution in [0.5, 0.6) is 0 Å². The van der Waals surface area contributed by atoms with Crippen LogP contribution in [0.2, 0.25) is 0 Å². The number of hydrogen-bond donors (Lipinski definition) is 0. The Morgan fingerprint density at radius 1 is 1.03 bits per heavy atom. The van der Waals surface area contributed by atoms with Gasteiger partial charge in [0.1, 0.15) is 4.90 Å². The van der Waals surface area contributed by atoms with Gasteiger partial charge in [-0.1, -0.05) is 18.2 Å². The van der Waals surface area contributed by atoms with Crippen molar-refractivity contribution < 1.29 is 8.42 Å². The van der Waals surface area contributed by atoms with E-state index in [1.54, 1.807) is 25.4 Å². The molecule has 1 aliphatic rings. The number of nitrogens with zero attached hydrogens (tertiary/aromatic N) is 3. The molecule has 0 N–H and O–H groups in total. The molecule has 1 aliphatic heterocycles. The summed E-state index contributed by atoms with van der Waals surface area (Å²) in [5, 5.41) is 0. The highest BCUT2D eigenvalue weighted by atomic mass is 32.2. The Hall–Kier alpha value is -2.86. The highest BCUT2D eigenvalue weighted by Crippen LogP contribution is 2.29. The van der Waals surface area contributed by atoms with Gasteiger partial charge in [0, 0.05) is 38.2 Å². The number of rotatable bonds is 5. The fourth-order valence-corrected chi connectivity index (χ4v) is 4.78. The lowest BCUT2D eigenvalue weighted by atomic mass is 10.0. The second-order valence-electron chi connectivity index (χ2n) is 7.22. The lowest BCUT2D eigenvalue weighted by Gasteiger charge is -2.29. The smallest absolute Gasteiger partial charge is 0.265 e. The minimum absolute atomic E-state index is 0.175. The summed E-state index contributed by atoms with van der Waals surface area (Å²) in [6, 6.07) is 20.2. The van der Waals surface area contributed by atoms with Crippen LogP contribution in [0.25, 0.3) is 11.1 Å². The van der Waals surface area contributed by atoms with Crippen molar-refractivity contribution in [2.75, 3.05) is 29.3 Å². The van der Waals surface area contributed by atoms with Crippen LogP contribution in [-0.2, 0) is 10.0 Å². The molecule has 149 valence electrons. The zero-order valence-corrected chi connectivity index (χ0v) is 17.3. The number of piperidine rings is 1. The Morgan fingerprint density at radius 2 is 1.79 bits per heavy atom. The molecule has 29 heavy (non-hydrogen) atoms. The summed E-state index contributed by atoms with van der Waals surface area (Å²) < 4.78 is 26.8. The van der Waals surface area contributed by atoms with E-state index in [2.05, 4.69) is 28.1 Å². The fourth-order valence-electron chi connectivity index (χ4n) is 3.62. The van der Waals surface area contributed by atoms with E-state index >= 15 is 0 Å². The highest BCUT2D eigenvalue weighted by Gasteiger charge is 2.21. The molecule has 0 spiro atoms. The van der Waals surface area contributed by atoms with Crippen LogP contribution < -0.4 is 9.21 Å². The van der Waals surface area contributed by atoms with Gasteiger partial charge in [0.2, 0.25) is 0 Å². The van der Waals surface area contributed by atoms with Crippen LogP contribution in [0, 0.1) is 6.07 Å². The maximum absolute atomic E-state index is 12.8. The number of sulfonamides is 1. The number of pyridine rings is 1. The van der Waals surface area contributed by atoms with E-state index in [1.807, 2.05) is 30.3 Å². The number of aromatic nitrogens is 1. The van der Waals surface area contributed by atoms with Gasteiger partial charge in [0.15, 0.2) is 0 Å². The van der Waals surface area contributed by atoms with E-state index in [4.69, 9.17) is 0 Å². The first-order valence-electron chi connectivity index (χ1n) is 9.82. The predicted molar refractivity (Wildman–Crippen MR) is 117 cm³/mol. The van der Waals surface area contributed by atoms with Crippen molar-refractivity contribution in [1.29, 1.82) is 0 Å². The van der Waals surface area contributed by atoms with Crippen LogP contribution in [0.3, 0.4) is 0 Å². The molecule has 0 amide bonds. The minimum atomic E-state index is -3.63. The summed E-state index contributed by atoms with van der Waals surface area (Å²) >= 11 is 0. The molecular weight excluding hydrogens is 382 g/mol. The van der Waals surface area contributed by atoms with Crippen molar-refractivity contribution in [2.45, 2.75) is 24.2 Å². The molecule has 0 saturated carbocycles. The number of hydrogen-bond acceptors (Lipinski definition) is 4. The molecule has 4 rings (SSSR count). The fraction of sp³-hybridized carbons (Fsp3) is 0.261. The molecule has 1 aromatic heterocycles. The average molecular weight is 407 g/mol. The third-order valence-electron chi connectivity index (χ3n) is 5.34. The zero-order chi connectivity index (χ0) is 20.3. The van der Waals surface area contributed by atoms with E-state index in [-0.39, 0.29) is 4.90 Å². The molecule has 1 radical (unpaired) electrons. The molecule has 0 aliphatic carbocycles. The Balaban J connectivity index is 1.57. The normalized spacial score (nSPS) is 14.6. The Labute approximate surface area is 172 Å². The molecule has 3 aromatic rings. The Morgan fingerprint density at radius 3 is 2.48 bits per heavy atom. The van der Waals surface area contributed by atoms with Crippen molar-refractivity contribution in [1.82, 2.24) is 4.98 Å². The van der Waals surface area contributed by atoms with Gasteiger partial charge < -0.3 is 4.90 Å². The largest absolute Gasteiger partial charge is 0.372 e. The Kier molecular flexibility index (Phi) is 5.53. The number of benzene rings is 2. The van der Waals surface area contributed by atoms with Crippen LogP contribution in [0.4, 0.5) is 11.4 Å². The van der Waals surface area contributed by atoms with Gasteiger partial charge in [-0.25, -0.2) is 8.42 Å². The predicted octanol–water partition coefficient (Wildman–Crippen LogP) is 4.36. The van der Waals surface area contributed by atoms with E-state index in [0.717, 1.165) is 24.2 Å². The van der Waals surface area contributed by atoms with Crippen LogP contribution in [0.1, 0.15) is 19.3 Å². The first-order valence-corrected chi connectivity index (χ1v) is 11.3. The molecule has 1 fully saturated rings. The molecule has 5 nitrogen and oxygen atoms in total. The van der Waals surface area contributed by atoms with Crippen LogP contribution in [0.15, 0.2) is 71.9 Å². The topological polar surface area (TPSA) is 53.5 Å². The van der Waals surface area contributed by atoms with Crippen molar-refractivity contribution >= 4 is 21.4 Å². The average Bonchev–Trinajstić information content (AvgIpc) is 2.80. The lowest BCUT2D eigenvalue weighted by Crippen LogP contribution is -2.29. The number of anilines is 2. The molecule has 0 unspecified atom stereocenters. The molecule has 2 heterocycles. The van der Waals surface area contributed by atoms with Gasteiger partial charge in [-0.2, -0.15) is 0 Å². The standard InChI is InChI=1S/C23H24N3O2S/c1-25(29(27,28)23-9-6-14-24-18-23)21-12-10-19(11-13-21)20-7-5-8-22(17-20)26-15-3-2-4-16-26/h5-6,8-14,17-18H,2-4,15-16H2,1H3. The molecule has 0 atom stereocenters. The minimum Gasteiger partial charge on any atom is -0.372 e. The van der Waals surface area contributed by atoms with E-state index in [9.17, 15) is 8.42 Å². The monoisotopic (exact) mass is 406 g/mol. The maximum Gasteiger partial charge on any atom is 0.265 e. The molecule has 6 heteroatoms. The van der Waals surface area contributed by atoms with Gasteiger partial charge in [0.25, 0.3) is 10.0 Å². The van der Waals surface area contributed by atoms with E-state index < -0.39 is 10.0 Å². The van der Waals surface area contributed by atoms with Crippen molar-refractivity contribution in [3.63, 3.8) is 0 Å². The van der Waals surface area contributed by atoms with Crippen molar-refractivity contribution in [3.05, 3.63) is 73.1 Å². The van der Waals surface area contributed by atoms with Gasteiger partial charge in [-0.15, -0.1) is 0 Å². The molecule has 0 bridgehead atoms. The quantitative estimate of drug-likeness (QED) is 0.632. The molecule has 2 aromatic carbocycles. The third kappa shape index (κ3) is 4.12.